The number of aromatic nitrogens is 2. The first-order valence-corrected chi connectivity index (χ1v) is 8.84. The summed E-state index contributed by atoms with van der Waals surface area (Å²) in [5, 5.41) is 2.83. The molecule has 2 aromatic rings. The summed E-state index contributed by atoms with van der Waals surface area (Å²) in [5.74, 6) is -0.355. The van der Waals surface area contributed by atoms with E-state index < -0.39 is 5.92 Å². The fourth-order valence-electron chi connectivity index (χ4n) is 3.85. The number of nitrogens with one attached hydrogen (secondary N) is 2. The number of piperidine rings is 1. The number of hydrogen-bond donors (Lipinski definition) is 2. The molecule has 0 saturated carbocycles. The zero-order valence-corrected chi connectivity index (χ0v) is 14.3. The lowest BCUT2D eigenvalue weighted by Crippen LogP contribution is -2.42. The molecule has 1 saturated heterocycles. The molecule has 2 aliphatic heterocycles. The summed E-state index contributed by atoms with van der Waals surface area (Å²) in [6.07, 6.45) is 3.14. The van der Waals surface area contributed by atoms with Gasteiger partial charge in [-0.1, -0.05) is 18.2 Å². The van der Waals surface area contributed by atoms with E-state index in [1.54, 1.807) is 0 Å². The lowest BCUT2D eigenvalue weighted by molar-refractivity contribution is -0.135. The molecule has 0 radical (unpaired) electrons. The molecule has 1 fully saturated rings. The van der Waals surface area contributed by atoms with Crippen LogP contribution in [0.25, 0.3) is 0 Å². The molecule has 0 aliphatic carbocycles. The summed E-state index contributed by atoms with van der Waals surface area (Å²) >= 11 is 0. The highest BCUT2D eigenvalue weighted by molar-refractivity contribution is 6.01. The largest absolute Gasteiger partial charge is 0.342 e. The van der Waals surface area contributed by atoms with Gasteiger partial charge in [-0.2, -0.15) is 0 Å². The van der Waals surface area contributed by atoms with Crippen LogP contribution in [0.2, 0.25) is 0 Å². The lowest BCUT2D eigenvalue weighted by atomic mass is 9.87. The Hall–Kier alpha value is -2.96. The SMILES string of the molecule is O=C1CC(C(=O)N2CCC(c3cc(=O)[nH]cn3)CC2)c2ccccc2N1. The van der Waals surface area contributed by atoms with Crippen molar-refractivity contribution in [1.29, 1.82) is 0 Å². The average Bonchev–Trinajstić information content (AvgIpc) is 2.67. The van der Waals surface area contributed by atoms with Gasteiger partial charge >= 0.3 is 0 Å². The van der Waals surface area contributed by atoms with Gasteiger partial charge in [-0.25, -0.2) is 4.98 Å². The summed E-state index contributed by atoms with van der Waals surface area (Å²) in [5.41, 5.74) is 2.24. The third-order valence-electron chi connectivity index (χ3n) is 5.22. The van der Waals surface area contributed by atoms with E-state index in [1.165, 1.54) is 12.4 Å². The van der Waals surface area contributed by atoms with Gasteiger partial charge in [0.15, 0.2) is 0 Å². The van der Waals surface area contributed by atoms with Crippen molar-refractivity contribution in [1.82, 2.24) is 14.9 Å². The molecule has 0 spiro atoms. The summed E-state index contributed by atoms with van der Waals surface area (Å²) in [7, 11) is 0. The number of H-pyrrole nitrogens is 1. The van der Waals surface area contributed by atoms with Crippen molar-refractivity contribution in [2.45, 2.75) is 31.1 Å². The molecule has 1 aromatic carbocycles. The van der Waals surface area contributed by atoms with Crippen LogP contribution < -0.4 is 10.9 Å². The molecule has 2 amide bonds. The van der Waals surface area contributed by atoms with Crippen molar-refractivity contribution in [2.24, 2.45) is 0 Å². The minimum atomic E-state index is -0.422. The highest BCUT2D eigenvalue weighted by Crippen LogP contribution is 2.35. The van der Waals surface area contributed by atoms with E-state index in [2.05, 4.69) is 15.3 Å². The number of nitrogens with zero attached hydrogens (tertiary/aromatic N) is 2. The van der Waals surface area contributed by atoms with E-state index in [-0.39, 0.29) is 29.7 Å². The molecule has 134 valence electrons. The van der Waals surface area contributed by atoms with Gasteiger partial charge in [0.1, 0.15) is 0 Å². The van der Waals surface area contributed by atoms with E-state index in [1.807, 2.05) is 29.2 Å². The molecule has 7 nitrogen and oxygen atoms in total. The molecule has 2 N–H and O–H groups in total. The first kappa shape index (κ1) is 16.5. The molecule has 1 unspecified atom stereocenters. The van der Waals surface area contributed by atoms with Crippen molar-refractivity contribution < 1.29 is 9.59 Å². The predicted molar refractivity (Wildman–Crippen MR) is 95.8 cm³/mol. The van der Waals surface area contributed by atoms with Gasteiger partial charge < -0.3 is 15.2 Å². The normalized spacial score (nSPS) is 20.4. The highest BCUT2D eigenvalue weighted by Gasteiger charge is 2.35. The van der Waals surface area contributed by atoms with E-state index in [4.69, 9.17) is 0 Å². The quantitative estimate of drug-likeness (QED) is 0.858. The van der Waals surface area contributed by atoms with E-state index in [0.29, 0.717) is 13.1 Å². The third kappa shape index (κ3) is 3.12. The van der Waals surface area contributed by atoms with Crippen LogP contribution in [0, 0.1) is 0 Å². The minimum absolute atomic E-state index is 0.00428. The van der Waals surface area contributed by atoms with Crippen LogP contribution in [-0.2, 0) is 9.59 Å². The molecular weight excluding hydrogens is 332 g/mol. The first-order chi connectivity index (χ1) is 12.6. The van der Waals surface area contributed by atoms with Gasteiger partial charge in [-0.05, 0) is 24.5 Å². The maximum absolute atomic E-state index is 13.0. The molecule has 1 atom stereocenters. The lowest BCUT2D eigenvalue weighted by Gasteiger charge is -2.35. The van der Waals surface area contributed by atoms with Crippen molar-refractivity contribution >= 4 is 17.5 Å². The molecule has 1 aromatic heterocycles. The van der Waals surface area contributed by atoms with Crippen molar-refractivity contribution in [2.75, 3.05) is 18.4 Å². The number of hydrogen-bond acceptors (Lipinski definition) is 4. The molecule has 2 aliphatic rings. The van der Waals surface area contributed by atoms with Crippen molar-refractivity contribution in [3.05, 3.63) is 58.3 Å². The van der Waals surface area contributed by atoms with Crippen LogP contribution in [0.5, 0.6) is 0 Å². The van der Waals surface area contributed by atoms with Crippen molar-refractivity contribution in [3.63, 3.8) is 0 Å². The number of aromatic amines is 1. The second-order valence-electron chi connectivity index (χ2n) is 6.83. The van der Waals surface area contributed by atoms with Gasteiger partial charge in [0.05, 0.1) is 17.9 Å². The van der Waals surface area contributed by atoms with Crippen LogP contribution in [0.1, 0.15) is 42.4 Å². The standard InChI is InChI=1S/C19H20N4O3/c24-17-10-16(20-11-21-17)12-5-7-23(8-6-12)19(26)14-9-18(25)22-15-4-2-1-3-13(14)15/h1-4,10-12,14H,5-9H2,(H,22,25)(H,20,21,24). The Bertz CT molecular complexity index is 899. The molecule has 3 heterocycles. The molecule has 4 rings (SSSR count). The van der Waals surface area contributed by atoms with Crippen LogP contribution in [0.3, 0.4) is 0 Å². The summed E-state index contributed by atoms with van der Waals surface area (Å²) in [6.45, 7) is 1.22. The predicted octanol–water partition coefficient (Wildman–Crippen LogP) is 1.60. The Balaban J connectivity index is 1.47. The second-order valence-corrected chi connectivity index (χ2v) is 6.83. The maximum Gasteiger partial charge on any atom is 0.250 e. The van der Waals surface area contributed by atoms with Crippen LogP contribution >= 0.6 is 0 Å². The third-order valence-corrected chi connectivity index (χ3v) is 5.22. The maximum atomic E-state index is 13.0. The number of carbonyl (C=O) groups excluding carboxylic acids is 2. The zero-order valence-electron chi connectivity index (χ0n) is 14.3. The van der Waals surface area contributed by atoms with Crippen molar-refractivity contribution in [3.8, 4) is 0 Å². The fourth-order valence-corrected chi connectivity index (χ4v) is 3.85. The molecule has 0 bridgehead atoms. The van der Waals surface area contributed by atoms with Gasteiger partial charge in [0.2, 0.25) is 11.8 Å². The number of anilines is 1. The van der Waals surface area contributed by atoms with Gasteiger partial charge in [-0.15, -0.1) is 0 Å². The molecule has 7 heteroatoms. The fraction of sp³-hybridized carbons (Fsp3) is 0.368. The van der Waals surface area contributed by atoms with Crippen LogP contribution in [0.4, 0.5) is 5.69 Å². The molecular formula is C19H20N4O3. The van der Waals surface area contributed by atoms with Crippen LogP contribution in [-0.4, -0.2) is 39.8 Å². The topological polar surface area (TPSA) is 95.2 Å². The monoisotopic (exact) mass is 352 g/mol. The number of rotatable bonds is 2. The summed E-state index contributed by atoms with van der Waals surface area (Å²) < 4.78 is 0. The van der Waals surface area contributed by atoms with Crippen LogP contribution in [0.15, 0.2) is 41.5 Å². The summed E-state index contributed by atoms with van der Waals surface area (Å²) in [4.78, 5) is 45.1. The Morgan fingerprint density at radius 3 is 2.69 bits per heavy atom. The number of para-hydroxylation sites is 1. The number of fused-ring (bicyclic) bond motifs is 1. The second kappa shape index (κ2) is 6.74. The van der Waals surface area contributed by atoms with Gasteiger partial charge in [-0.3, -0.25) is 14.4 Å². The minimum Gasteiger partial charge on any atom is -0.342 e. The number of carbonyl (C=O) groups is 2. The Kier molecular flexibility index (Phi) is 4.28. The Morgan fingerprint density at radius 2 is 1.92 bits per heavy atom. The highest BCUT2D eigenvalue weighted by atomic mass is 16.2. The van der Waals surface area contributed by atoms with Gasteiger partial charge in [0.25, 0.3) is 5.56 Å². The number of benzene rings is 1. The van der Waals surface area contributed by atoms with E-state index in [9.17, 15) is 14.4 Å². The zero-order chi connectivity index (χ0) is 18.1. The van der Waals surface area contributed by atoms with Gasteiger partial charge in [0, 0.05) is 37.2 Å². The Morgan fingerprint density at radius 1 is 1.15 bits per heavy atom. The summed E-state index contributed by atoms with van der Waals surface area (Å²) in [6, 6.07) is 9.01. The first-order valence-electron chi connectivity index (χ1n) is 8.84. The number of amides is 2. The molecule has 26 heavy (non-hydrogen) atoms. The average molecular weight is 352 g/mol. The van der Waals surface area contributed by atoms with E-state index >= 15 is 0 Å². The smallest absolute Gasteiger partial charge is 0.250 e. The van der Waals surface area contributed by atoms with E-state index in [0.717, 1.165) is 29.8 Å². The Labute approximate surface area is 150 Å². The number of likely N-dealkylation sites (tertiary alicyclic amines) is 1.